The van der Waals surface area contributed by atoms with Gasteiger partial charge in [0.25, 0.3) is 5.91 Å². The lowest BCUT2D eigenvalue weighted by Gasteiger charge is -2.13. The SMILES string of the molecule is O=C(NC(CO)CO)c1ccc2c(c1)NCC2. The quantitative estimate of drug-likeness (QED) is 0.580. The zero-order valence-corrected chi connectivity index (χ0v) is 9.44. The molecule has 1 aromatic rings. The molecule has 0 spiro atoms. The molecule has 1 aromatic carbocycles. The van der Waals surface area contributed by atoms with Crippen LogP contribution < -0.4 is 10.6 Å². The van der Waals surface area contributed by atoms with E-state index in [-0.39, 0.29) is 19.1 Å². The maximum Gasteiger partial charge on any atom is 0.251 e. The highest BCUT2D eigenvalue weighted by molar-refractivity contribution is 5.95. The van der Waals surface area contributed by atoms with Gasteiger partial charge in [-0.3, -0.25) is 4.79 Å². The number of nitrogens with one attached hydrogen (secondary N) is 2. The van der Waals surface area contributed by atoms with E-state index in [1.165, 1.54) is 5.56 Å². The van der Waals surface area contributed by atoms with Crippen molar-refractivity contribution in [3.8, 4) is 0 Å². The number of aliphatic hydroxyl groups is 2. The minimum absolute atomic E-state index is 0.272. The Balaban J connectivity index is 2.09. The molecular formula is C12H16N2O3. The third-order valence-corrected chi connectivity index (χ3v) is 2.86. The van der Waals surface area contributed by atoms with Crippen LogP contribution in [0.1, 0.15) is 15.9 Å². The van der Waals surface area contributed by atoms with Crippen molar-refractivity contribution in [1.82, 2.24) is 5.32 Å². The topological polar surface area (TPSA) is 81.6 Å². The Hall–Kier alpha value is -1.59. The fourth-order valence-corrected chi connectivity index (χ4v) is 1.85. The lowest BCUT2D eigenvalue weighted by molar-refractivity contribution is 0.0879. The first kappa shape index (κ1) is 11.9. The summed E-state index contributed by atoms with van der Waals surface area (Å²) in [5.74, 6) is -0.283. The molecule has 0 unspecified atom stereocenters. The van der Waals surface area contributed by atoms with Gasteiger partial charge in [0.05, 0.1) is 19.3 Å². The Bertz CT molecular complexity index is 416. The predicted molar refractivity (Wildman–Crippen MR) is 64.1 cm³/mol. The Morgan fingerprint density at radius 2 is 2.18 bits per heavy atom. The molecule has 0 atom stereocenters. The summed E-state index contributed by atoms with van der Waals surface area (Å²) < 4.78 is 0. The Labute approximate surface area is 99.5 Å². The zero-order chi connectivity index (χ0) is 12.3. The molecule has 0 radical (unpaired) electrons. The maximum absolute atomic E-state index is 11.8. The number of amides is 1. The van der Waals surface area contributed by atoms with Crippen LogP contribution in [0.3, 0.4) is 0 Å². The molecule has 1 aliphatic rings. The van der Waals surface area contributed by atoms with Gasteiger partial charge < -0.3 is 20.8 Å². The summed E-state index contributed by atoms with van der Waals surface area (Å²) in [5.41, 5.74) is 2.73. The van der Waals surface area contributed by atoms with Crippen molar-refractivity contribution in [1.29, 1.82) is 0 Å². The summed E-state index contributed by atoms with van der Waals surface area (Å²) in [6.45, 7) is 0.354. The third kappa shape index (κ3) is 2.57. The van der Waals surface area contributed by atoms with Gasteiger partial charge >= 0.3 is 0 Å². The molecule has 0 saturated heterocycles. The average molecular weight is 236 g/mol. The maximum atomic E-state index is 11.8. The summed E-state index contributed by atoms with van der Waals surface area (Å²) in [6, 6.07) is 4.87. The summed E-state index contributed by atoms with van der Waals surface area (Å²) in [5, 5.41) is 23.5. The number of benzene rings is 1. The monoisotopic (exact) mass is 236 g/mol. The molecule has 0 fully saturated rings. The van der Waals surface area contributed by atoms with E-state index < -0.39 is 6.04 Å². The molecule has 5 heteroatoms. The predicted octanol–water partition coefficient (Wildman–Crippen LogP) is -0.262. The van der Waals surface area contributed by atoms with Crippen LogP contribution in [0.15, 0.2) is 18.2 Å². The van der Waals surface area contributed by atoms with Gasteiger partial charge in [-0.15, -0.1) is 0 Å². The van der Waals surface area contributed by atoms with Crippen LogP contribution in [0.5, 0.6) is 0 Å². The van der Waals surface area contributed by atoms with E-state index in [0.29, 0.717) is 5.56 Å². The Morgan fingerprint density at radius 3 is 2.88 bits per heavy atom. The Kier molecular flexibility index (Phi) is 3.61. The second kappa shape index (κ2) is 5.16. The van der Waals surface area contributed by atoms with Crippen LogP contribution in [0.2, 0.25) is 0 Å². The van der Waals surface area contributed by atoms with Gasteiger partial charge in [0.2, 0.25) is 0 Å². The molecule has 0 saturated carbocycles. The number of carbonyl (C=O) groups is 1. The van der Waals surface area contributed by atoms with Gasteiger partial charge in [0.1, 0.15) is 0 Å². The standard InChI is InChI=1S/C12H16N2O3/c15-6-10(7-16)14-12(17)9-2-1-8-3-4-13-11(8)5-9/h1-2,5,10,13,15-16H,3-4,6-7H2,(H,14,17). The Morgan fingerprint density at radius 1 is 1.41 bits per heavy atom. The average Bonchev–Trinajstić information content (AvgIpc) is 2.82. The van der Waals surface area contributed by atoms with Crippen LogP contribution in [0.4, 0.5) is 5.69 Å². The normalized spacial score (nSPS) is 13.4. The van der Waals surface area contributed by atoms with Gasteiger partial charge in [0.15, 0.2) is 0 Å². The van der Waals surface area contributed by atoms with Crippen molar-refractivity contribution in [2.24, 2.45) is 0 Å². The number of carbonyl (C=O) groups excluding carboxylic acids is 1. The van der Waals surface area contributed by atoms with Gasteiger partial charge in [-0.2, -0.15) is 0 Å². The smallest absolute Gasteiger partial charge is 0.251 e. The highest BCUT2D eigenvalue weighted by Gasteiger charge is 2.15. The molecule has 0 aliphatic carbocycles. The van der Waals surface area contributed by atoms with Crippen molar-refractivity contribution in [2.45, 2.75) is 12.5 Å². The third-order valence-electron chi connectivity index (χ3n) is 2.86. The van der Waals surface area contributed by atoms with E-state index in [0.717, 1.165) is 18.7 Å². The lowest BCUT2D eigenvalue weighted by Crippen LogP contribution is -2.40. The zero-order valence-electron chi connectivity index (χ0n) is 9.44. The van der Waals surface area contributed by atoms with Crippen LogP contribution in [0.25, 0.3) is 0 Å². The fraction of sp³-hybridized carbons (Fsp3) is 0.417. The molecule has 5 nitrogen and oxygen atoms in total. The number of aliphatic hydroxyl groups excluding tert-OH is 2. The molecule has 1 aliphatic heterocycles. The molecular weight excluding hydrogens is 220 g/mol. The minimum Gasteiger partial charge on any atom is -0.394 e. The van der Waals surface area contributed by atoms with Gasteiger partial charge in [-0.05, 0) is 24.1 Å². The summed E-state index contributed by atoms with van der Waals surface area (Å²) in [4.78, 5) is 11.8. The van der Waals surface area contributed by atoms with Crippen LogP contribution in [-0.2, 0) is 6.42 Å². The van der Waals surface area contributed by atoms with Crippen molar-refractivity contribution < 1.29 is 15.0 Å². The van der Waals surface area contributed by atoms with E-state index in [4.69, 9.17) is 10.2 Å². The lowest BCUT2D eigenvalue weighted by atomic mass is 10.1. The summed E-state index contributed by atoms with van der Waals surface area (Å²) in [7, 11) is 0. The highest BCUT2D eigenvalue weighted by Crippen LogP contribution is 2.23. The molecule has 17 heavy (non-hydrogen) atoms. The first-order valence-corrected chi connectivity index (χ1v) is 5.64. The number of hydrogen-bond donors (Lipinski definition) is 4. The molecule has 1 amide bonds. The first-order valence-electron chi connectivity index (χ1n) is 5.64. The second-order valence-corrected chi connectivity index (χ2v) is 4.08. The fourth-order valence-electron chi connectivity index (χ4n) is 1.85. The number of hydrogen-bond acceptors (Lipinski definition) is 4. The number of anilines is 1. The van der Waals surface area contributed by atoms with Crippen LogP contribution in [-0.4, -0.2) is 41.9 Å². The molecule has 4 N–H and O–H groups in total. The minimum atomic E-state index is -0.608. The van der Waals surface area contributed by atoms with Crippen LogP contribution >= 0.6 is 0 Å². The van der Waals surface area contributed by atoms with E-state index in [9.17, 15) is 4.79 Å². The number of fused-ring (bicyclic) bond motifs is 1. The van der Waals surface area contributed by atoms with Gasteiger partial charge in [0, 0.05) is 17.8 Å². The van der Waals surface area contributed by atoms with Gasteiger partial charge in [-0.1, -0.05) is 6.07 Å². The summed E-state index contributed by atoms with van der Waals surface area (Å²) in [6.07, 6.45) is 0.979. The number of rotatable bonds is 4. The van der Waals surface area contributed by atoms with Crippen molar-refractivity contribution in [3.05, 3.63) is 29.3 Å². The largest absolute Gasteiger partial charge is 0.394 e. The highest BCUT2D eigenvalue weighted by atomic mass is 16.3. The molecule has 2 rings (SSSR count). The molecule has 0 bridgehead atoms. The first-order chi connectivity index (χ1) is 8.24. The molecule has 92 valence electrons. The van der Waals surface area contributed by atoms with E-state index in [1.807, 2.05) is 6.07 Å². The molecule has 1 heterocycles. The summed E-state index contributed by atoms with van der Waals surface area (Å²) >= 11 is 0. The van der Waals surface area contributed by atoms with E-state index in [1.54, 1.807) is 12.1 Å². The molecule has 0 aromatic heterocycles. The van der Waals surface area contributed by atoms with Gasteiger partial charge in [-0.25, -0.2) is 0 Å². The second-order valence-electron chi connectivity index (χ2n) is 4.08. The van der Waals surface area contributed by atoms with E-state index in [2.05, 4.69) is 10.6 Å². The van der Waals surface area contributed by atoms with Crippen molar-refractivity contribution in [3.63, 3.8) is 0 Å². The van der Waals surface area contributed by atoms with Crippen molar-refractivity contribution in [2.75, 3.05) is 25.1 Å². The van der Waals surface area contributed by atoms with E-state index >= 15 is 0 Å². The van der Waals surface area contributed by atoms with Crippen LogP contribution in [0, 0.1) is 0 Å². The van der Waals surface area contributed by atoms with Crippen molar-refractivity contribution >= 4 is 11.6 Å².